The highest BCUT2D eigenvalue weighted by atomic mass is 32.2. The van der Waals surface area contributed by atoms with E-state index >= 15 is 0 Å². The van der Waals surface area contributed by atoms with E-state index in [-0.39, 0.29) is 11.1 Å². The van der Waals surface area contributed by atoms with E-state index < -0.39 is 0 Å². The lowest BCUT2D eigenvalue weighted by Gasteiger charge is -2.16. The molecule has 0 aliphatic carbocycles. The fourth-order valence-corrected chi connectivity index (χ4v) is 4.83. The van der Waals surface area contributed by atoms with Crippen LogP contribution in [0.5, 0.6) is 0 Å². The summed E-state index contributed by atoms with van der Waals surface area (Å²) < 4.78 is 2.37. The highest BCUT2D eigenvalue weighted by molar-refractivity contribution is 7.96. The summed E-state index contributed by atoms with van der Waals surface area (Å²) in [5.41, 5.74) is 2.35. The SMILES string of the molecule is Cc1cnc2c(ccn2[S+](C(C)C)C(C)C)c1. The number of hydrogen-bond donors (Lipinski definition) is 0. The third kappa shape index (κ3) is 2.34. The number of aryl methyl sites for hydroxylation is 1. The zero-order chi connectivity index (χ0) is 12.6. The van der Waals surface area contributed by atoms with Crippen molar-refractivity contribution in [3.8, 4) is 0 Å². The molecular weight excluding hydrogens is 228 g/mol. The highest BCUT2D eigenvalue weighted by Gasteiger charge is 2.31. The van der Waals surface area contributed by atoms with E-state index in [0.29, 0.717) is 10.5 Å². The molecule has 0 aliphatic heterocycles. The Bertz CT molecular complexity index is 506. The Labute approximate surface area is 107 Å². The van der Waals surface area contributed by atoms with Gasteiger partial charge in [-0.3, -0.25) is 0 Å². The molecule has 0 bridgehead atoms. The number of pyridine rings is 1. The summed E-state index contributed by atoms with van der Waals surface area (Å²) in [6.07, 6.45) is 4.15. The first kappa shape index (κ1) is 12.5. The summed E-state index contributed by atoms with van der Waals surface area (Å²) in [4.78, 5) is 4.60. The fourth-order valence-electron chi connectivity index (χ4n) is 2.28. The fraction of sp³-hybridized carbons (Fsp3) is 0.500. The van der Waals surface area contributed by atoms with Crippen molar-refractivity contribution in [3.05, 3.63) is 30.1 Å². The first-order valence-corrected chi connectivity index (χ1v) is 7.47. The predicted molar refractivity (Wildman–Crippen MR) is 77.5 cm³/mol. The van der Waals surface area contributed by atoms with Crippen LogP contribution >= 0.6 is 0 Å². The van der Waals surface area contributed by atoms with Gasteiger partial charge >= 0.3 is 0 Å². The smallest absolute Gasteiger partial charge is 0.186 e. The second-order valence-electron chi connectivity index (χ2n) is 5.01. The molecule has 0 unspecified atom stereocenters. The number of rotatable bonds is 3. The second-order valence-corrected chi connectivity index (χ2v) is 7.98. The molecule has 2 nitrogen and oxygen atoms in total. The molecule has 0 fully saturated rings. The molecule has 92 valence electrons. The van der Waals surface area contributed by atoms with E-state index in [1.54, 1.807) is 0 Å². The molecule has 3 heteroatoms. The molecule has 2 heterocycles. The van der Waals surface area contributed by atoms with Crippen molar-refractivity contribution < 1.29 is 0 Å². The van der Waals surface area contributed by atoms with Gasteiger partial charge in [-0.05, 0) is 52.3 Å². The average molecular weight is 249 g/mol. The Kier molecular flexibility index (Phi) is 3.48. The Balaban J connectivity index is 2.54. The van der Waals surface area contributed by atoms with Crippen molar-refractivity contribution >= 4 is 22.1 Å². The van der Waals surface area contributed by atoms with Crippen molar-refractivity contribution in [2.75, 3.05) is 0 Å². The third-order valence-corrected chi connectivity index (χ3v) is 5.50. The molecule has 0 N–H and O–H groups in total. The van der Waals surface area contributed by atoms with Crippen LogP contribution in [-0.4, -0.2) is 19.5 Å². The van der Waals surface area contributed by atoms with Gasteiger partial charge in [-0.2, -0.15) is 3.97 Å². The number of aromatic nitrogens is 2. The lowest BCUT2D eigenvalue weighted by atomic mass is 10.2. The van der Waals surface area contributed by atoms with Crippen molar-refractivity contribution in [1.82, 2.24) is 8.96 Å². The van der Waals surface area contributed by atoms with Crippen molar-refractivity contribution in [3.63, 3.8) is 0 Å². The van der Waals surface area contributed by atoms with Gasteiger partial charge in [-0.15, -0.1) is 0 Å². The maximum atomic E-state index is 4.60. The largest absolute Gasteiger partial charge is 0.234 e. The molecule has 0 atom stereocenters. The zero-order valence-electron chi connectivity index (χ0n) is 11.3. The third-order valence-electron chi connectivity index (χ3n) is 2.82. The van der Waals surface area contributed by atoms with Crippen molar-refractivity contribution in [2.45, 2.75) is 45.1 Å². The number of fused-ring (bicyclic) bond motifs is 1. The molecule has 0 amide bonds. The van der Waals surface area contributed by atoms with E-state index in [1.165, 1.54) is 10.9 Å². The van der Waals surface area contributed by atoms with Crippen LogP contribution in [0.1, 0.15) is 33.3 Å². The Hall–Kier alpha value is -0.960. The normalized spacial score (nSPS) is 12.2. The average Bonchev–Trinajstić information content (AvgIpc) is 2.60. The van der Waals surface area contributed by atoms with E-state index in [1.807, 2.05) is 6.20 Å². The minimum atomic E-state index is 0.213. The first-order valence-electron chi connectivity index (χ1n) is 6.17. The molecule has 0 spiro atoms. The Morgan fingerprint density at radius 1 is 1.18 bits per heavy atom. The summed E-state index contributed by atoms with van der Waals surface area (Å²) in [7, 11) is 0. The van der Waals surface area contributed by atoms with Gasteiger partial charge in [0.05, 0.1) is 6.20 Å². The summed E-state index contributed by atoms with van der Waals surface area (Å²) in [6, 6.07) is 4.39. The van der Waals surface area contributed by atoms with Gasteiger partial charge in [-0.1, -0.05) is 0 Å². The maximum Gasteiger partial charge on any atom is 0.186 e. The standard InChI is InChI=1S/C14H21N2S/c1-10(2)17(11(3)4)16-7-6-13-8-12(5)9-15-14(13)16/h6-11H,1-5H3/q+1. The predicted octanol–water partition coefficient (Wildman–Crippen LogP) is 3.54. The minimum Gasteiger partial charge on any atom is -0.234 e. The molecule has 2 rings (SSSR count). The molecule has 0 radical (unpaired) electrons. The summed E-state index contributed by atoms with van der Waals surface area (Å²) in [5, 5.41) is 2.55. The zero-order valence-corrected chi connectivity index (χ0v) is 12.1. The monoisotopic (exact) mass is 249 g/mol. The molecule has 0 aliphatic rings. The summed E-state index contributed by atoms with van der Waals surface area (Å²) in [6.45, 7) is 11.3. The number of hydrogen-bond acceptors (Lipinski definition) is 1. The molecule has 0 saturated carbocycles. The summed E-state index contributed by atoms with van der Waals surface area (Å²) in [5.74, 6) is 0. The lowest BCUT2D eigenvalue weighted by molar-refractivity contribution is 0.991. The van der Waals surface area contributed by atoms with E-state index in [0.717, 1.165) is 5.65 Å². The van der Waals surface area contributed by atoms with Gasteiger partial charge in [0.2, 0.25) is 0 Å². The van der Waals surface area contributed by atoms with Crippen molar-refractivity contribution in [1.29, 1.82) is 0 Å². The molecule has 0 saturated heterocycles. The van der Waals surface area contributed by atoms with Gasteiger partial charge in [0.15, 0.2) is 5.65 Å². The topological polar surface area (TPSA) is 17.8 Å². The van der Waals surface area contributed by atoms with Crippen LogP contribution in [0.2, 0.25) is 0 Å². The van der Waals surface area contributed by atoms with Gasteiger partial charge in [0.25, 0.3) is 0 Å². The van der Waals surface area contributed by atoms with E-state index in [2.05, 4.69) is 61.9 Å². The molecule has 17 heavy (non-hydrogen) atoms. The van der Waals surface area contributed by atoms with E-state index in [9.17, 15) is 0 Å². The first-order chi connectivity index (χ1) is 8.00. The van der Waals surface area contributed by atoms with Crippen LogP contribution in [-0.2, 0) is 11.1 Å². The molecule has 2 aromatic rings. The van der Waals surface area contributed by atoms with Gasteiger partial charge in [-0.25, -0.2) is 4.98 Å². The minimum absolute atomic E-state index is 0.213. The summed E-state index contributed by atoms with van der Waals surface area (Å²) >= 11 is 0.213. The van der Waals surface area contributed by atoms with Crippen LogP contribution in [0.4, 0.5) is 0 Å². The van der Waals surface area contributed by atoms with Gasteiger partial charge < -0.3 is 0 Å². The van der Waals surface area contributed by atoms with Gasteiger partial charge in [0, 0.05) is 11.6 Å². The molecular formula is C14H21N2S+. The Morgan fingerprint density at radius 2 is 1.82 bits per heavy atom. The van der Waals surface area contributed by atoms with Crippen LogP contribution in [0, 0.1) is 6.92 Å². The van der Waals surface area contributed by atoms with Crippen molar-refractivity contribution in [2.24, 2.45) is 0 Å². The van der Waals surface area contributed by atoms with Crippen LogP contribution < -0.4 is 0 Å². The van der Waals surface area contributed by atoms with Gasteiger partial charge in [0.1, 0.15) is 21.6 Å². The molecule has 2 aromatic heterocycles. The lowest BCUT2D eigenvalue weighted by Crippen LogP contribution is -2.30. The molecule has 0 aromatic carbocycles. The quantitative estimate of drug-likeness (QED) is 0.761. The maximum absolute atomic E-state index is 4.60. The van der Waals surface area contributed by atoms with Crippen LogP contribution in [0.25, 0.3) is 11.0 Å². The van der Waals surface area contributed by atoms with E-state index in [4.69, 9.17) is 0 Å². The van der Waals surface area contributed by atoms with Crippen LogP contribution in [0.3, 0.4) is 0 Å². The second kappa shape index (κ2) is 4.73. The highest BCUT2D eigenvalue weighted by Crippen LogP contribution is 2.23. The Morgan fingerprint density at radius 3 is 2.41 bits per heavy atom. The number of nitrogens with zero attached hydrogens (tertiary/aromatic N) is 2. The van der Waals surface area contributed by atoms with Crippen LogP contribution in [0.15, 0.2) is 24.5 Å².